The number of nitrogens with one attached hydrogen (secondary N) is 1. The molecule has 1 aromatic heterocycles. The lowest BCUT2D eigenvalue weighted by Crippen LogP contribution is -2.24. The normalized spacial score (nSPS) is 10.6. The molecule has 1 rings (SSSR count). The predicted molar refractivity (Wildman–Crippen MR) is 63.5 cm³/mol. The Kier molecular flexibility index (Phi) is 4.91. The summed E-state index contributed by atoms with van der Waals surface area (Å²) in [4.78, 5) is 17.1. The van der Waals surface area contributed by atoms with Crippen molar-refractivity contribution in [2.24, 2.45) is 0 Å². The molecule has 0 bridgehead atoms. The number of ketones is 1. The Labute approximate surface area is 94.9 Å². The van der Waals surface area contributed by atoms with Gasteiger partial charge in [0.05, 0.1) is 18.7 Å². The zero-order valence-electron chi connectivity index (χ0n) is 9.59. The topological polar surface area (TPSA) is 42.0 Å². The number of hydrogen-bond acceptors (Lipinski definition) is 4. The molecule has 0 aliphatic heterocycles. The van der Waals surface area contributed by atoms with Gasteiger partial charge in [-0.2, -0.15) is 0 Å². The zero-order valence-corrected chi connectivity index (χ0v) is 10.4. The lowest BCUT2D eigenvalue weighted by molar-refractivity contribution is -0.117. The minimum Gasteiger partial charge on any atom is -0.310 e. The quantitative estimate of drug-likeness (QED) is 0.753. The fourth-order valence-electron chi connectivity index (χ4n) is 1.25. The van der Waals surface area contributed by atoms with Crippen LogP contribution in [0.4, 0.5) is 0 Å². The van der Waals surface area contributed by atoms with E-state index in [2.05, 4.69) is 17.2 Å². The van der Waals surface area contributed by atoms with Crippen molar-refractivity contribution >= 4 is 17.1 Å². The number of thiazole rings is 1. The molecule has 0 amide bonds. The van der Waals surface area contributed by atoms with Gasteiger partial charge >= 0.3 is 0 Å². The van der Waals surface area contributed by atoms with Gasteiger partial charge in [0.15, 0.2) is 5.78 Å². The summed E-state index contributed by atoms with van der Waals surface area (Å²) >= 11 is 1.62. The van der Waals surface area contributed by atoms with Crippen LogP contribution >= 0.6 is 11.3 Å². The van der Waals surface area contributed by atoms with Crippen molar-refractivity contribution in [3.63, 3.8) is 0 Å². The molecule has 0 aliphatic carbocycles. The molecule has 0 saturated carbocycles. The molecular weight excluding hydrogens is 208 g/mol. The van der Waals surface area contributed by atoms with E-state index in [1.165, 1.54) is 4.88 Å². The molecule has 1 aromatic rings. The third-order valence-electron chi connectivity index (χ3n) is 2.17. The van der Waals surface area contributed by atoms with Crippen LogP contribution in [0, 0.1) is 13.8 Å². The van der Waals surface area contributed by atoms with E-state index in [1.54, 1.807) is 11.3 Å². The van der Waals surface area contributed by atoms with E-state index in [4.69, 9.17) is 0 Å². The van der Waals surface area contributed by atoms with E-state index in [-0.39, 0.29) is 5.78 Å². The van der Waals surface area contributed by atoms with Crippen LogP contribution in [0.5, 0.6) is 0 Å². The second kappa shape index (κ2) is 5.98. The summed E-state index contributed by atoms with van der Waals surface area (Å²) < 4.78 is 0. The fraction of sp³-hybridized carbons (Fsp3) is 0.636. The molecule has 0 radical (unpaired) electrons. The van der Waals surface area contributed by atoms with Gasteiger partial charge in [-0.1, -0.05) is 6.92 Å². The van der Waals surface area contributed by atoms with Crippen molar-refractivity contribution in [1.82, 2.24) is 10.3 Å². The monoisotopic (exact) mass is 226 g/mol. The Balaban J connectivity index is 2.37. The summed E-state index contributed by atoms with van der Waals surface area (Å²) in [6, 6.07) is 0. The van der Waals surface area contributed by atoms with E-state index >= 15 is 0 Å². The van der Waals surface area contributed by atoms with Crippen LogP contribution in [0.3, 0.4) is 0 Å². The smallest absolute Gasteiger partial charge is 0.153 e. The number of aryl methyl sites for hydroxylation is 2. The molecule has 3 nitrogen and oxygen atoms in total. The molecule has 0 spiro atoms. The third-order valence-corrected chi connectivity index (χ3v) is 3.24. The summed E-state index contributed by atoms with van der Waals surface area (Å²) in [7, 11) is 0. The molecule has 0 aromatic carbocycles. The highest BCUT2D eigenvalue weighted by molar-refractivity contribution is 7.11. The average Bonchev–Trinajstić information content (AvgIpc) is 2.46. The number of rotatable bonds is 6. The van der Waals surface area contributed by atoms with Crippen LogP contribution in [-0.4, -0.2) is 23.9 Å². The van der Waals surface area contributed by atoms with E-state index in [0.29, 0.717) is 13.0 Å². The van der Waals surface area contributed by atoms with E-state index in [1.807, 2.05) is 13.8 Å². The maximum absolute atomic E-state index is 11.5. The average molecular weight is 226 g/mol. The Bertz CT molecular complexity index is 314. The van der Waals surface area contributed by atoms with Gasteiger partial charge in [-0.15, -0.1) is 11.3 Å². The number of aromatic nitrogens is 1. The highest BCUT2D eigenvalue weighted by atomic mass is 32.1. The van der Waals surface area contributed by atoms with Crippen molar-refractivity contribution in [3.8, 4) is 0 Å². The molecule has 1 heterocycles. The van der Waals surface area contributed by atoms with Gasteiger partial charge in [0, 0.05) is 4.88 Å². The van der Waals surface area contributed by atoms with Crippen molar-refractivity contribution in [2.45, 2.75) is 33.6 Å². The first-order valence-electron chi connectivity index (χ1n) is 5.28. The van der Waals surface area contributed by atoms with Crippen molar-refractivity contribution in [3.05, 3.63) is 15.6 Å². The van der Waals surface area contributed by atoms with Crippen LogP contribution in [-0.2, 0) is 11.2 Å². The van der Waals surface area contributed by atoms with Crippen molar-refractivity contribution in [2.75, 3.05) is 13.1 Å². The first-order chi connectivity index (χ1) is 7.13. The van der Waals surface area contributed by atoms with Gasteiger partial charge in [-0.05, 0) is 26.8 Å². The standard InChI is InChI=1S/C11H18N2OS/c1-4-5-12-7-10(14)6-11-13-8(2)9(3)15-11/h12H,4-7H2,1-3H3. The van der Waals surface area contributed by atoms with Crippen molar-refractivity contribution in [1.29, 1.82) is 0 Å². The maximum atomic E-state index is 11.5. The highest BCUT2D eigenvalue weighted by Crippen LogP contribution is 2.16. The summed E-state index contributed by atoms with van der Waals surface area (Å²) in [5.41, 5.74) is 1.05. The first kappa shape index (κ1) is 12.3. The molecule has 15 heavy (non-hydrogen) atoms. The Morgan fingerprint density at radius 2 is 2.20 bits per heavy atom. The SMILES string of the molecule is CCCNCC(=O)Cc1nc(C)c(C)s1. The van der Waals surface area contributed by atoms with Crippen LogP contribution in [0.25, 0.3) is 0 Å². The molecule has 0 saturated heterocycles. The van der Waals surface area contributed by atoms with Crippen LogP contribution in [0.2, 0.25) is 0 Å². The minimum absolute atomic E-state index is 0.220. The fourth-order valence-corrected chi connectivity index (χ4v) is 2.21. The summed E-state index contributed by atoms with van der Waals surface area (Å²) in [5.74, 6) is 0.220. The number of carbonyl (C=O) groups is 1. The van der Waals surface area contributed by atoms with Crippen LogP contribution < -0.4 is 5.32 Å². The summed E-state index contributed by atoms with van der Waals surface area (Å²) in [5, 5.41) is 4.04. The van der Waals surface area contributed by atoms with Gasteiger partial charge in [-0.25, -0.2) is 4.98 Å². The summed E-state index contributed by atoms with van der Waals surface area (Å²) in [6.07, 6.45) is 1.53. The number of nitrogens with zero attached hydrogens (tertiary/aromatic N) is 1. The van der Waals surface area contributed by atoms with Gasteiger partial charge in [0.1, 0.15) is 5.01 Å². The number of Topliss-reactive ketones (excluding diaryl/α,β-unsaturated/α-hetero) is 1. The lowest BCUT2D eigenvalue weighted by atomic mass is 10.3. The molecule has 0 atom stereocenters. The molecule has 0 aliphatic rings. The molecule has 0 fully saturated rings. The number of carbonyl (C=O) groups excluding carboxylic acids is 1. The van der Waals surface area contributed by atoms with Gasteiger partial charge in [0.25, 0.3) is 0 Å². The highest BCUT2D eigenvalue weighted by Gasteiger charge is 2.08. The van der Waals surface area contributed by atoms with Gasteiger partial charge < -0.3 is 5.32 Å². The molecule has 84 valence electrons. The first-order valence-corrected chi connectivity index (χ1v) is 6.10. The Morgan fingerprint density at radius 1 is 1.47 bits per heavy atom. The van der Waals surface area contributed by atoms with E-state index in [0.717, 1.165) is 23.7 Å². The Morgan fingerprint density at radius 3 is 2.73 bits per heavy atom. The second-order valence-corrected chi connectivity index (χ2v) is 4.93. The second-order valence-electron chi connectivity index (χ2n) is 3.64. The number of hydrogen-bond donors (Lipinski definition) is 1. The van der Waals surface area contributed by atoms with Crippen LogP contribution in [0.1, 0.15) is 28.9 Å². The minimum atomic E-state index is 0.220. The summed E-state index contributed by atoms with van der Waals surface area (Å²) in [6.45, 7) is 7.48. The Hall–Kier alpha value is -0.740. The maximum Gasteiger partial charge on any atom is 0.153 e. The van der Waals surface area contributed by atoms with E-state index < -0.39 is 0 Å². The molecule has 0 unspecified atom stereocenters. The zero-order chi connectivity index (χ0) is 11.3. The molecular formula is C11H18N2OS. The van der Waals surface area contributed by atoms with E-state index in [9.17, 15) is 4.79 Å². The molecule has 4 heteroatoms. The lowest BCUT2D eigenvalue weighted by Gasteiger charge is -1.99. The largest absolute Gasteiger partial charge is 0.310 e. The third kappa shape index (κ3) is 4.10. The van der Waals surface area contributed by atoms with Gasteiger partial charge in [-0.3, -0.25) is 4.79 Å². The van der Waals surface area contributed by atoms with Gasteiger partial charge in [0.2, 0.25) is 0 Å². The molecule has 1 N–H and O–H groups in total. The predicted octanol–water partition coefficient (Wildman–Crippen LogP) is 1.87. The van der Waals surface area contributed by atoms with Crippen LogP contribution in [0.15, 0.2) is 0 Å². The van der Waals surface area contributed by atoms with Crippen molar-refractivity contribution < 1.29 is 4.79 Å².